The molecule has 0 aliphatic heterocycles. The molecule has 2 N–H and O–H groups in total. The summed E-state index contributed by atoms with van der Waals surface area (Å²) in [5.74, 6) is 0.816. The van der Waals surface area contributed by atoms with Gasteiger partial charge in [-0.2, -0.15) is 10.2 Å². The first-order valence-corrected chi connectivity index (χ1v) is 6.27. The molecule has 0 aromatic carbocycles. The molecule has 2 aromatic heterocycles. The SMILES string of the molecule is CCNC(Cc1c(C)nn(C)c1Cl)c1ncn[nH]1. The zero-order valence-electron chi connectivity index (χ0n) is 10.7. The summed E-state index contributed by atoms with van der Waals surface area (Å²) < 4.78 is 1.69. The van der Waals surface area contributed by atoms with E-state index >= 15 is 0 Å². The lowest BCUT2D eigenvalue weighted by Gasteiger charge is -2.14. The zero-order valence-corrected chi connectivity index (χ0v) is 11.5. The molecular formula is C11H17ClN6. The van der Waals surface area contributed by atoms with Gasteiger partial charge in [-0.3, -0.25) is 9.78 Å². The van der Waals surface area contributed by atoms with Crippen molar-refractivity contribution in [3.63, 3.8) is 0 Å². The highest BCUT2D eigenvalue weighted by Crippen LogP contribution is 2.24. The van der Waals surface area contributed by atoms with E-state index < -0.39 is 0 Å². The Labute approximate surface area is 111 Å². The fraction of sp³-hybridized carbons (Fsp3) is 0.545. The van der Waals surface area contributed by atoms with Gasteiger partial charge in [-0.15, -0.1) is 0 Å². The predicted octanol–water partition coefficient (Wildman–Crippen LogP) is 1.39. The topological polar surface area (TPSA) is 71.4 Å². The molecule has 2 rings (SSSR count). The molecule has 1 unspecified atom stereocenters. The Kier molecular flexibility index (Phi) is 3.98. The summed E-state index contributed by atoms with van der Waals surface area (Å²) in [6.07, 6.45) is 2.25. The van der Waals surface area contributed by atoms with Crippen LogP contribution < -0.4 is 5.32 Å². The Morgan fingerprint density at radius 1 is 1.56 bits per heavy atom. The highest BCUT2D eigenvalue weighted by atomic mass is 35.5. The number of H-pyrrole nitrogens is 1. The van der Waals surface area contributed by atoms with Gasteiger partial charge in [-0.1, -0.05) is 18.5 Å². The summed E-state index contributed by atoms with van der Waals surface area (Å²) in [6, 6.07) is 0.0675. The molecule has 6 nitrogen and oxygen atoms in total. The maximum atomic E-state index is 6.25. The van der Waals surface area contributed by atoms with Crippen LogP contribution in [0.15, 0.2) is 6.33 Å². The molecule has 0 aliphatic carbocycles. The summed E-state index contributed by atoms with van der Waals surface area (Å²) in [5.41, 5.74) is 1.99. The van der Waals surface area contributed by atoms with Crippen molar-refractivity contribution < 1.29 is 0 Å². The molecule has 0 fully saturated rings. The minimum Gasteiger partial charge on any atom is -0.307 e. The first-order valence-electron chi connectivity index (χ1n) is 5.90. The minimum atomic E-state index is 0.0675. The number of likely N-dealkylation sites (N-methyl/N-ethyl adjacent to an activating group) is 1. The molecule has 0 saturated heterocycles. The Balaban J connectivity index is 2.24. The molecule has 98 valence electrons. The van der Waals surface area contributed by atoms with Gasteiger partial charge < -0.3 is 5.32 Å². The van der Waals surface area contributed by atoms with E-state index in [-0.39, 0.29) is 6.04 Å². The largest absolute Gasteiger partial charge is 0.307 e. The first kappa shape index (κ1) is 13.0. The van der Waals surface area contributed by atoms with Gasteiger partial charge in [-0.05, 0) is 19.9 Å². The van der Waals surface area contributed by atoms with E-state index in [0.717, 1.165) is 30.0 Å². The van der Waals surface area contributed by atoms with E-state index in [0.29, 0.717) is 5.15 Å². The molecule has 0 aliphatic rings. The van der Waals surface area contributed by atoms with E-state index in [1.165, 1.54) is 6.33 Å². The molecule has 0 radical (unpaired) electrons. The molecule has 0 amide bonds. The number of halogens is 1. The number of aromatic amines is 1. The normalized spacial score (nSPS) is 12.9. The Bertz CT molecular complexity index is 504. The van der Waals surface area contributed by atoms with Crippen LogP contribution in [-0.2, 0) is 13.5 Å². The van der Waals surface area contributed by atoms with Gasteiger partial charge in [0.2, 0.25) is 0 Å². The highest BCUT2D eigenvalue weighted by molar-refractivity contribution is 6.30. The highest BCUT2D eigenvalue weighted by Gasteiger charge is 2.19. The molecule has 18 heavy (non-hydrogen) atoms. The third-order valence-corrected chi connectivity index (χ3v) is 3.37. The van der Waals surface area contributed by atoms with Gasteiger partial charge in [0.25, 0.3) is 0 Å². The van der Waals surface area contributed by atoms with Crippen molar-refractivity contribution in [2.24, 2.45) is 7.05 Å². The summed E-state index contributed by atoms with van der Waals surface area (Å²) in [5, 5.41) is 15.1. The van der Waals surface area contributed by atoms with Crippen LogP contribution in [0.1, 0.15) is 30.0 Å². The molecule has 2 heterocycles. The van der Waals surface area contributed by atoms with Crippen LogP contribution in [0.25, 0.3) is 0 Å². The third kappa shape index (κ3) is 2.54. The lowest BCUT2D eigenvalue weighted by atomic mass is 10.1. The van der Waals surface area contributed by atoms with Gasteiger partial charge in [0.15, 0.2) is 0 Å². The minimum absolute atomic E-state index is 0.0675. The molecule has 7 heteroatoms. The monoisotopic (exact) mass is 268 g/mol. The van der Waals surface area contributed by atoms with Gasteiger partial charge >= 0.3 is 0 Å². The molecular weight excluding hydrogens is 252 g/mol. The van der Waals surface area contributed by atoms with Crippen LogP contribution in [0.4, 0.5) is 0 Å². The second-order valence-corrected chi connectivity index (χ2v) is 4.52. The van der Waals surface area contributed by atoms with E-state index in [1.54, 1.807) is 4.68 Å². The van der Waals surface area contributed by atoms with Gasteiger partial charge in [0, 0.05) is 12.6 Å². The van der Waals surface area contributed by atoms with Gasteiger partial charge in [0.1, 0.15) is 17.3 Å². The van der Waals surface area contributed by atoms with Crippen LogP contribution >= 0.6 is 11.6 Å². The molecule has 0 saturated carbocycles. The van der Waals surface area contributed by atoms with Crippen LogP contribution in [-0.4, -0.2) is 31.5 Å². The summed E-state index contributed by atoms with van der Waals surface area (Å²) in [4.78, 5) is 4.20. The average molecular weight is 269 g/mol. The molecule has 2 aromatic rings. The van der Waals surface area contributed by atoms with Crippen molar-refractivity contribution in [3.05, 3.63) is 28.6 Å². The van der Waals surface area contributed by atoms with Crippen LogP contribution in [0, 0.1) is 6.92 Å². The molecule has 0 spiro atoms. The maximum absolute atomic E-state index is 6.25. The van der Waals surface area contributed by atoms with Crippen molar-refractivity contribution in [1.82, 2.24) is 30.3 Å². The van der Waals surface area contributed by atoms with Crippen LogP contribution in [0.5, 0.6) is 0 Å². The Hall–Kier alpha value is -1.40. The second-order valence-electron chi connectivity index (χ2n) is 4.16. The number of aryl methyl sites for hydroxylation is 2. The summed E-state index contributed by atoms with van der Waals surface area (Å²) in [6.45, 7) is 4.87. The number of nitrogens with zero attached hydrogens (tertiary/aromatic N) is 4. The summed E-state index contributed by atoms with van der Waals surface area (Å²) >= 11 is 6.25. The van der Waals surface area contributed by atoms with Gasteiger partial charge in [0.05, 0.1) is 11.7 Å². The van der Waals surface area contributed by atoms with Crippen molar-refractivity contribution >= 4 is 11.6 Å². The summed E-state index contributed by atoms with van der Waals surface area (Å²) in [7, 11) is 1.84. The van der Waals surface area contributed by atoms with Crippen LogP contribution in [0.3, 0.4) is 0 Å². The fourth-order valence-corrected chi connectivity index (χ4v) is 2.26. The number of aromatic nitrogens is 5. The van der Waals surface area contributed by atoms with Crippen LogP contribution in [0.2, 0.25) is 5.15 Å². The fourth-order valence-electron chi connectivity index (χ4n) is 2.00. The van der Waals surface area contributed by atoms with Gasteiger partial charge in [-0.25, -0.2) is 4.98 Å². The number of hydrogen-bond donors (Lipinski definition) is 2. The average Bonchev–Trinajstić information content (AvgIpc) is 2.93. The zero-order chi connectivity index (χ0) is 13.1. The number of hydrogen-bond acceptors (Lipinski definition) is 4. The second kappa shape index (κ2) is 5.49. The van der Waals surface area contributed by atoms with Crippen molar-refractivity contribution in [3.8, 4) is 0 Å². The van der Waals surface area contributed by atoms with E-state index in [9.17, 15) is 0 Å². The van der Waals surface area contributed by atoms with E-state index in [1.807, 2.05) is 14.0 Å². The smallest absolute Gasteiger partial charge is 0.141 e. The van der Waals surface area contributed by atoms with E-state index in [4.69, 9.17) is 11.6 Å². The first-order chi connectivity index (χ1) is 8.63. The lowest BCUT2D eigenvalue weighted by Crippen LogP contribution is -2.24. The third-order valence-electron chi connectivity index (χ3n) is 2.89. The van der Waals surface area contributed by atoms with Crippen molar-refractivity contribution in [2.45, 2.75) is 26.3 Å². The Morgan fingerprint density at radius 3 is 2.83 bits per heavy atom. The lowest BCUT2D eigenvalue weighted by molar-refractivity contribution is 0.522. The quantitative estimate of drug-likeness (QED) is 0.860. The standard InChI is InChI=1S/C11H17ClN6/c1-4-13-9(11-14-6-15-16-11)5-8-7(2)17-18(3)10(8)12/h6,9,13H,4-5H2,1-3H3,(H,14,15,16). The van der Waals surface area contributed by atoms with Crippen molar-refractivity contribution in [1.29, 1.82) is 0 Å². The molecule has 1 atom stereocenters. The maximum Gasteiger partial charge on any atom is 0.141 e. The van der Waals surface area contributed by atoms with Crippen molar-refractivity contribution in [2.75, 3.05) is 6.54 Å². The number of rotatable bonds is 5. The number of nitrogens with one attached hydrogen (secondary N) is 2. The predicted molar refractivity (Wildman–Crippen MR) is 69.5 cm³/mol. The Morgan fingerprint density at radius 2 is 2.33 bits per heavy atom. The van der Waals surface area contributed by atoms with E-state index in [2.05, 4.69) is 32.5 Å². The molecule has 0 bridgehead atoms.